The Morgan fingerprint density at radius 3 is 2.18 bits per heavy atom. The van der Waals surface area contributed by atoms with Gasteiger partial charge in [0.15, 0.2) is 0 Å². The van der Waals surface area contributed by atoms with Crippen molar-refractivity contribution in [2.45, 2.75) is 38.8 Å². The zero-order chi connectivity index (χ0) is 13.6. The van der Waals surface area contributed by atoms with Crippen LogP contribution in [0.1, 0.15) is 26.7 Å². The van der Waals surface area contributed by atoms with Crippen LogP contribution in [0.3, 0.4) is 0 Å². The van der Waals surface area contributed by atoms with E-state index in [0.717, 1.165) is 0 Å². The molecule has 0 aromatic rings. The third kappa shape index (κ3) is 6.52. The van der Waals surface area contributed by atoms with Crippen molar-refractivity contribution in [2.24, 2.45) is 17.4 Å². The number of amides is 2. The highest BCUT2D eigenvalue weighted by Crippen LogP contribution is 2.05. The molecule has 0 saturated heterocycles. The van der Waals surface area contributed by atoms with E-state index in [1.807, 2.05) is 13.8 Å². The fraction of sp³-hybridized carbons (Fsp3) is 0.700. The summed E-state index contributed by atoms with van der Waals surface area (Å²) in [4.78, 5) is 32.9. The van der Waals surface area contributed by atoms with Crippen molar-refractivity contribution in [1.29, 1.82) is 0 Å². The lowest BCUT2D eigenvalue weighted by atomic mass is 10.0. The number of hydrogen-bond acceptors (Lipinski definition) is 4. The van der Waals surface area contributed by atoms with Crippen LogP contribution in [-0.4, -0.2) is 35.0 Å². The van der Waals surface area contributed by atoms with E-state index < -0.39 is 29.9 Å². The summed E-state index contributed by atoms with van der Waals surface area (Å²) in [5.41, 5.74) is 10.3. The van der Waals surface area contributed by atoms with Gasteiger partial charge in [0.2, 0.25) is 11.8 Å². The molecule has 0 rings (SSSR count). The highest BCUT2D eigenvalue weighted by Gasteiger charge is 2.24. The third-order valence-electron chi connectivity index (χ3n) is 2.08. The summed E-state index contributed by atoms with van der Waals surface area (Å²) in [7, 11) is 0. The molecule has 0 heterocycles. The molecule has 0 aliphatic rings. The van der Waals surface area contributed by atoms with Gasteiger partial charge in [-0.1, -0.05) is 13.8 Å². The number of nitrogens with one attached hydrogen (secondary N) is 1. The number of hydrogen-bond donors (Lipinski definition) is 4. The predicted octanol–water partition coefficient (Wildman–Crippen LogP) is -1.20. The van der Waals surface area contributed by atoms with Crippen LogP contribution in [-0.2, 0) is 14.4 Å². The van der Waals surface area contributed by atoms with Crippen LogP contribution < -0.4 is 16.8 Å². The summed E-state index contributed by atoms with van der Waals surface area (Å²) in [6.07, 6.45) is -0.00971. The summed E-state index contributed by atoms with van der Waals surface area (Å²) in [5, 5.41) is 11.2. The Morgan fingerprint density at radius 1 is 1.29 bits per heavy atom. The molecule has 7 heteroatoms. The molecule has 17 heavy (non-hydrogen) atoms. The lowest BCUT2D eigenvalue weighted by Gasteiger charge is -2.18. The zero-order valence-corrected chi connectivity index (χ0v) is 9.97. The van der Waals surface area contributed by atoms with Gasteiger partial charge in [-0.15, -0.1) is 0 Å². The van der Waals surface area contributed by atoms with Gasteiger partial charge in [-0.05, 0) is 12.3 Å². The first-order valence-corrected chi connectivity index (χ1v) is 5.31. The second-order valence-electron chi connectivity index (χ2n) is 4.31. The highest BCUT2D eigenvalue weighted by molar-refractivity contribution is 5.90. The topological polar surface area (TPSA) is 136 Å². The molecule has 7 nitrogen and oxygen atoms in total. The summed E-state index contributed by atoms with van der Waals surface area (Å²) in [5.74, 6) is -2.40. The fourth-order valence-electron chi connectivity index (χ4n) is 1.28. The predicted molar refractivity (Wildman–Crippen MR) is 60.8 cm³/mol. The normalized spacial score (nSPS) is 14.1. The van der Waals surface area contributed by atoms with Gasteiger partial charge >= 0.3 is 5.97 Å². The second kappa shape index (κ2) is 6.85. The Bertz CT molecular complexity index is 304. The van der Waals surface area contributed by atoms with Gasteiger partial charge in [-0.25, -0.2) is 4.79 Å². The summed E-state index contributed by atoms with van der Waals surface area (Å²) >= 11 is 0. The largest absolute Gasteiger partial charge is 0.480 e. The first-order chi connectivity index (χ1) is 7.73. The molecule has 2 unspecified atom stereocenters. The van der Waals surface area contributed by atoms with Crippen molar-refractivity contribution in [3.63, 3.8) is 0 Å². The van der Waals surface area contributed by atoms with Crippen LogP contribution in [0.5, 0.6) is 0 Å². The monoisotopic (exact) mass is 245 g/mol. The number of aliphatic carboxylic acids is 1. The lowest BCUT2D eigenvalue weighted by molar-refractivity contribution is -0.142. The maximum absolute atomic E-state index is 11.5. The summed E-state index contributed by atoms with van der Waals surface area (Å²) in [6, 6.07) is -2.11. The molecule has 0 fully saturated rings. The number of rotatable bonds is 7. The smallest absolute Gasteiger partial charge is 0.326 e. The van der Waals surface area contributed by atoms with Crippen molar-refractivity contribution in [1.82, 2.24) is 5.32 Å². The Kier molecular flexibility index (Phi) is 6.19. The van der Waals surface area contributed by atoms with Gasteiger partial charge in [-0.2, -0.15) is 0 Å². The lowest BCUT2D eigenvalue weighted by Crippen LogP contribution is -2.49. The molecule has 0 aromatic heterocycles. The standard InChI is InChI=1S/C10H19N3O4/c1-5(2)3-7(10(16)17)13-9(15)6(11)4-8(12)14/h5-7H,3-4,11H2,1-2H3,(H2,12,14)(H,13,15)(H,16,17). The van der Waals surface area contributed by atoms with E-state index in [4.69, 9.17) is 16.6 Å². The van der Waals surface area contributed by atoms with E-state index in [1.54, 1.807) is 0 Å². The molecule has 98 valence electrons. The third-order valence-corrected chi connectivity index (χ3v) is 2.08. The summed E-state index contributed by atoms with van der Waals surface area (Å²) < 4.78 is 0. The van der Waals surface area contributed by atoms with Crippen LogP contribution in [0.25, 0.3) is 0 Å². The summed E-state index contributed by atoms with van der Waals surface area (Å²) in [6.45, 7) is 3.68. The zero-order valence-electron chi connectivity index (χ0n) is 9.97. The van der Waals surface area contributed by atoms with Crippen molar-refractivity contribution in [2.75, 3.05) is 0 Å². The van der Waals surface area contributed by atoms with Gasteiger partial charge in [0.25, 0.3) is 0 Å². The first-order valence-electron chi connectivity index (χ1n) is 5.31. The van der Waals surface area contributed by atoms with Crippen molar-refractivity contribution < 1.29 is 19.5 Å². The SMILES string of the molecule is CC(C)CC(NC(=O)C(N)CC(N)=O)C(=O)O. The minimum atomic E-state index is -1.13. The molecule has 0 aromatic carbocycles. The molecule has 0 spiro atoms. The molecule has 0 saturated carbocycles. The average molecular weight is 245 g/mol. The number of carboxylic acids is 1. The Balaban J connectivity index is 4.39. The minimum Gasteiger partial charge on any atom is -0.480 e. The average Bonchev–Trinajstić information content (AvgIpc) is 2.14. The molecule has 2 amide bonds. The quantitative estimate of drug-likeness (QED) is 0.447. The van der Waals surface area contributed by atoms with Crippen LogP contribution in [0.2, 0.25) is 0 Å². The number of carboxylic acid groups (broad SMARTS) is 1. The van der Waals surface area contributed by atoms with Crippen molar-refractivity contribution >= 4 is 17.8 Å². The van der Waals surface area contributed by atoms with Gasteiger partial charge in [-0.3, -0.25) is 9.59 Å². The number of nitrogens with two attached hydrogens (primary N) is 2. The van der Waals surface area contributed by atoms with Crippen molar-refractivity contribution in [3.05, 3.63) is 0 Å². The van der Waals surface area contributed by atoms with E-state index in [1.165, 1.54) is 0 Å². The van der Waals surface area contributed by atoms with Crippen LogP contribution in [0.4, 0.5) is 0 Å². The van der Waals surface area contributed by atoms with Crippen LogP contribution in [0, 0.1) is 5.92 Å². The van der Waals surface area contributed by atoms with Gasteiger partial charge in [0.05, 0.1) is 12.5 Å². The fourth-order valence-corrected chi connectivity index (χ4v) is 1.28. The van der Waals surface area contributed by atoms with E-state index in [-0.39, 0.29) is 12.3 Å². The number of carbonyl (C=O) groups is 3. The van der Waals surface area contributed by atoms with E-state index in [9.17, 15) is 14.4 Å². The van der Waals surface area contributed by atoms with Gasteiger partial charge in [0.1, 0.15) is 6.04 Å². The van der Waals surface area contributed by atoms with Gasteiger partial charge < -0.3 is 21.9 Å². The molecule has 0 aliphatic carbocycles. The molecular weight excluding hydrogens is 226 g/mol. The number of primary amides is 1. The van der Waals surface area contributed by atoms with Gasteiger partial charge in [0, 0.05) is 0 Å². The van der Waals surface area contributed by atoms with E-state index in [0.29, 0.717) is 6.42 Å². The second-order valence-corrected chi connectivity index (χ2v) is 4.31. The Labute approximate surface area is 99.5 Å². The first kappa shape index (κ1) is 15.4. The Hall–Kier alpha value is -1.63. The van der Waals surface area contributed by atoms with Crippen molar-refractivity contribution in [3.8, 4) is 0 Å². The van der Waals surface area contributed by atoms with Crippen LogP contribution in [0.15, 0.2) is 0 Å². The van der Waals surface area contributed by atoms with E-state index in [2.05, 4.69) is 5.32 Å². The molecule has 2 atom stereocenters. The van der Waals surface area contributed by atoms with E-state index >= 15 is 0 Å². The molecule has 0 bridgehead atoms. The molecule has 0 radical (unpaired) electrons. The molecule has 6 N–H and O–H groups in total. The number of carbonyl (C=O) groups excluding carboxylic acids is 2. The Morgan fingerprint density at radius 2 is 1.82 bits per heavy atom. The highest BCUT2D eigenvalue weighted by atomic mass is 16.4. The minimum absolute atomic E-state index is 0.115. The maximum Gasteiger partial charge on any atom is 0.326 e. The molecule has 0 aliphatic heterocycles. The molecular formula is C10H19N3O4. The van der Waals surface area contributed by atoms with Crippen LogP contribution >= 0.6 is 0 Å². The maximum atomic E-state index is 11.5.